The van der Waals surface area contributed by atoms with E-state index in [0.717, 1.165) is 33.3 Å². The Morgan fingerprint density at radius 2 is 1.65 bits per heavy atom. The second-order valence-electron chi connectivity index (χ2n) is 8.65. The Labute approximate surface area is 202 Å². The average molecular weight is 471 g/mol. The summed E-state index contributed by atoms with van der Waals surface area (Å²) in [7, 11) is 0. The molecule has 2 heterocycles. The van der Waals surface area contributed by atoms with Crippen molar-refractivity contribution in [2.45, 2.75) is 26.8 Å². The van der Waals surface area contributed by atoms with Crippen molar-refractivity contribution in [3.8, 4) is 0 Å². The molecule has 1 unspecified atom stereocenters. The molecule has 0 saturated carbocycles. The Bertz CT molecular complexity index is 1500. The van der Waals surface area contributed by atoms with Gasteiger partial charge in [-0.25, -0.2) is 0 Å². The fourth-order valence-electron chi connectivity index (χ4n) is 4.67. The molecule has 170 valence electrons. The van der Waals surface area contributed by atoms with E-state index in [1.165, 1.54) is 4.90 Å². The predicted octanol–water partition coefficient (Wildman–Crippen LogP) is 6.37. The molecule has 1 atom stereocenters. The highest BCUT2D eigenvalue weighted by Crippen LogP contribution is 2.45. The average Bonchev–Trinajstić information content (AvgIpc) is 3.28. The number of aliphatic hydroxyl groups excluding tert-OH is 1. The van der Waals surface area contributed by atoms with Crippen LogP contribution in [0.5, 0.6) is 0 Å². The number of carbonyl (C=O) groups is 2. The minimum absolute atomic E-state index is 0.0658. The molecule has 2 N–H and O–H groups in total. The van der Waals surface area contributed by atoms with Gasteiger partial charge in [0.1, 0.15) is 5.76 Å². The third kappa shape index (κ3) is 3.40. The maximum atomic E-state index is 13.4. The highest BCUT2D eigenvalue weighted by atomic mass is 35.5. The smallest absolute Gasteiger partial charge is 0.300 e. The van der Waals surface area contributed by atoms with Crippen LogP contribution in [0.4, 0.5) is 5.69 Å². The van der Waals surface area contributed by atoms with Gasteiger partial charge in [0, 0.05) is 38.4 Å². The number of nitrogens with one attached hydrogen (secondary N) is 1. The molecule has 0 radical (unpaired) electrons. The van der Waals surface area contributed by atoms with Gasteiger partial charge in [-0.15, -0.1) is 0 Å². The number of para-hydroxylation sites is 1. The summed E-state index contributed by atoms with van der Waals surface area (Å²) in [6.45, 7) is 5.83. The van der Waals surface area contributed by atoms with Crippen LogP contribution in [0.3, 0.4) is 0 Å². The van der Waals surface area contributed by atoms with Gasteiger partial charge in [-0.1, -0.05) is 41.9 Å². The monoisotopic (exact) mass is 470 g/mol. The number of aryl methyl sites for hydroxylation is 3. The molecule has 1 aliphatic rings. The van der Waals surface area contributed by atoms with E-state index in [1.54, 1.807) is 30.3 Å². The molecule has 6 heteroatoms. The molecule has 0 bridgehead atoms. The lowest BCUT2D eigenvalue weighted by Gasteiger charge is -2.26. The lowest BCUT2D eigenvalue weighted by atomic mass is 9.92. The molecule has 5 nitrogen and oxygen atoms in total. The summed E-state index contributed by atoms with van der Waals surface area (Å²) in [6, 6.07) is 19.2. The normalized spacial score (nSPS) is 17.6. The van der Waals surface area contributed by atoms with Gasteiger partial charge in [0.05, 0.1) is 11.6 Å². The van der Waals surface area contributed by atoms with E-state index in [9.17, 15) is 14.7 Å². The van der Waals surface area contributed by atoms with Crippen LogP contribution in [0, 0.1) is 20.8 Å². The van der Waals surface area contributed by atoms with Gasteiger partial charge in [-0.05, 0) is 68.3 Å². The van der Waals surface area contributed by atoms with Crippen molar-refractivity contribution in [1.82, 2.24) is 4.98 Å². The number of hydrogen-bond acceptors (Lipinski definition) is 3. The van der Waals surface area contributed by atoms with Crippen LogP contribution in [0.2, 0.25) is 5.02 Å². The predicted molar refractivity (Wildman–Crippen MR) is 135 cm³/mol. The summed E-state index contributed by atoms with van der Waals surface area (Å²) in [5.74, 6) is -1.60. The third-order valence-corrected chi connectivity index (χ3v) is 6.80. The highest BCUT2D eigenvalue weighted by molar-refractivity contribution is 6.52. The number of anilines is 1. The molecule has 34 heavy (non-hydrogen) atoms. The number of rotatable bonds is 3. The molecule has 1 aliphatic heterocycles. The molecule has 1 fully saturated rings. The Kier molecular flexibility index (Phi) is 5.29. The second-order valence-corrected chi connectivity index (χ2v) is 9.09. The fourth-order valence-corrected chi connectivity index (χ4v) is 4.79. The molecule has 1 saturated heterocycles. The first-order chi connectivity index (χ1) is 16.3. The van der Waals surface area contributed by atoms with Crippen LogP contribution < -0.4 is 4.90 Å². The quantitative estimate of drug-likeness (QED) is 0.207. The van der Waals surface area contributed by atoms with Crippen LogP contribution in [0.15, 0.2) is 72.3 Å². The van der Waals surface area contributed by atoms with Crippen LogP contribution >= 0.6 is 11.6 Å². The summed E-state index contributed by atoms with van der Waals surface area (Å²) in [6.07, 6.45) is 0. The first-order valence-electron chi connectivity index (χ1n) is 11.0. The van der Waals surface area contributed by atoms with Crippen LogP contribution in [0.1, 0.15) is 34.0 Å². The summed E-state index contributed by atoms with van der Waals surface area (Å²) in [4.78, 5) is 31.6. The largest absolute Gasteiger partial charge is 0.507 e. The van der Waals surface area contributed by atoms with Crippen molar-refractivity contribution in [2.24, 2.45) is 0 Å². The molecule has 4 aromatic rings. The van der Waals surface area contributed by atoms with E-state index in [2.05, 4.69) is 4.98 Å². The van der Waals surface area contributed by atoms with Crippen molar-refractivity contribution in [1.29, 1.82) is 0 Å². The van der Waals surface area contributed by atoms with Crippen molar-refractivity contribution in [2.75, 3.05) is 4.90 Å². The van der Waals surface area contributed by atoms with Crippen LogP contribution in [-0.2, 0) is 9.59 Å². The second kappa shape index (κ2) is 8.19. The fraction of sp³-hybridized carbons (Fsp3) is 0.143. The summed E-state index contributed by atoms with van der Waals surface area (Å²) in [5, 5.41) is 12.8. The summed E-state index contributed by atoms with van der Waals surface area (Å²) in [5.41, 5.74) is 5.63. The molecule has 0 spiro atoms. The van der Waals surface area contributed by atoms with Crippen molar-refractivity contribution in [3.05, 3.63) is 105 Å². The molecule has 3 aromatic carbocycles. The van der Waals surface area contributed by atoms with E-state index >= 15 is 0 Å². The number of H-pyrrole nitrogens is 1. The van der Waals surface area contributed by atoms with Crippen LogP contribution in [0.25, 0.3) is 16.7 Å². The van der Waals surface area contributed by atoms with Crippen molar-refractivity contribution < 1.29 is 14.7 Å². The van der Waals surface area contributed by atoms with Gasteiger partial charge < -0.3 is 10.1 Å². The number of carbonyl (C=O) groups excluding carboxylic acids is 2. The number of aliphatic hydroxyl groups is 1. The number of amides is 1. The zero-order chi connectivity index (χ0) is 24.1. The Morgan fingerprint density at radius 1 is 0.941 bits per heavy atom. The molecule has 5 rings (SSSR count). The Hall–Kier alpha value is -3.83. The van der Waals surface area contributed by atoms with Gasteiger partial charge in [0.15, 0.2) is 0 Å². The zero-order valence-electron chi connectivity index (χ0n) is 19.0. The summed E-state index contributed by atoms with van der Waals surface area (Å²) >= 11 is 6.08. The third-order valence-electron chi connectivity index (χ3n) is 6.55. The maximum Gasteiger partial charge on any atom is 0.300 e. The molecule has 0 aliphatic carbocycles. The SMILES string of the molecule is Cc1ccc(/C(O)=C2\C(=O)C(=O)N(c3ccc(Cl)cc3)C2c2c(C)[nH]c3ccccc23)cc1C. The van der Waals surface area contributed by atoms with E-state index < -0.39 is 17.7 Å². The highest BCUT2D eigenvalue weighted by Gasteiger charge is 2.48. The number of hydrogen-bond donors (Lipinski definition) is 2. The molecule has 1 aromatic heterocycles. The number of benzene rings is 3. The first-order valence-corrected chi connectivity index (χ1v) is 11.4. The van der Waals surface area contributed by atoms with Crippen molar-refractivity contribution in [3.63, 3.8) is 0 Å². The van der Waals surface area contributed by atoms with E-state index in [-0.39, 0.29) is 11.3 Å². The molecule has 1 amide bonds. The van der Waals surface area contributed by atoms with Gasteiger partial charge in [0.2, 0.25) is 0 Å². The Balaban J connectivity index is 1.81. The van der Waals surface area contributed by atoms with Gasteiger partial charge in [0.25, 0.3) is 11.7 Å². The number of ketones is 1. The van der Waals surface area contributed by atoms with Gasteiger partial charge in [-0.3, -0.25) is 14.5 Å². The zero-order valence-corrected chi connectivity index (χ0v) is 19.8. The van der Waals surface area contributed by atoms with Crippen LogP contribution in [-0.4, -0.2) is 21.8 Å². The van der Waals surface area contributed by atoms with Gasteiger partial charge >= 0.3 is 0 Å². The minimum Gasteiger partial charge on any atom is -0.507 e. The minimum atomic E-state index is -0.807. The van der Waals surface area contributed by atoms with Crippen molar-refractivity contribution >= 4 is 45.6 Å². The first kappa shape index (κ1) is 22.0. The standard InChI is InChI=1S/C28H23ClN2O3/c1-15-8-9-18(14-16(15)2)26(32)24-25(23-17(3)30-22-7-5-4-6-21(22)23)31(28(34)27(24)33)20-12-10-19(29)11-13-20/h4-14,25,30,32H,1-3H3/b26-24+. The lowest BCUT2D eigenvalue weighted by molar-refractivity contribution is -0.132. The molecular weight excluding hydrogens is 448 g/mol. The van der Waals surface area contributed by atoms with E-state index in [4.69, 9.17) is 11.6 Å². The number of aromatic nitrogens is 1. The number of nitrogens with zero attached hydrogens (tertiary/aromatic N) is 1. The Morgan fingerprint density at radius 3 is 2.35 bits per heavy atom. The summed E-state index contributed by atoms with van der Waals surface area (Å²) < 4.78 is 0. The lowest BCUT2D eigenvalue weighted by Crippen LogP contribution is -2.29. The number of fused-ring (bicyclic) bond motifs is 1. The van der Waals surface area contributed by atoms with E-state index in [1.807, 2.05) is 57.2 Å². The number of aromatic amines is 1. The maximum absolute atomic E-state index is 13.4. The molecular formula is C28H23ClN2O3. The van der Waals surface area contributed by atoms with E-state index in [0.29, 0.717) is 16.3 Å². The number of halogens is 1. The number of Topliss-reactive ketones (excluding diaryl/α,β-unsaturated/α-hetero) is 1. The van der Waals surface area contributed by atoms with Gasteiger partial charge in [-0.2, -0.15) is 0 Å². The topological polar surface area (TPSA) is 73.4 Å².